The zero-order chi connectivity index (χ0) is 17.6. The lowest BCUT2D eigenvalue weighted by atomic mass is 10.3. The number of ether oxygens (including phenoxy) is 1. The molecule has 3 heterocycles. The van der Waals surface area contributed by atoms with Gasteiger partial charge in [0.25, 0.3) is 5.91 Å². The average Bonchev–Trinajstić information content (AvgIpc) is 3.12. The Morgan fingerprint density at radius 2 is 2.04 bits per heavy atom. The van der Waals surface area contributed by atoms with E-state index in [9.17, 15) is 4.79 Å². The Morgan fingerprint density at radius 1 is 1.20 bits per heavy atom. The number of anilines is 1. The molecule has 0 radical (unpaired) electrons. The molecule has 0 aliphatic heterocycles. The van der Waals surface area contributed by atoms with Crippen LogP contribution in [0.1, 0.15) is 35.9 Å². The molecular formula is C19H20N4O2. The largest absolute Gasteiger partial charge is 0.485 e. The van der Waals surface area contributed by atoms with Crippen LogP contribution in [0.25, 0.3) is 0 Å². The summed E-state index contributed by atoms with van der Waals surface area (Å²) < 4.78 is 7.71. The van der Waals surface area contributed by atoms with Crippen LogP contribution in [0.15, 0.2) is 61.2 Å². The maximum absolute atomic E-state index is 12.6. The van der Waals surface area contributed by atoms with Crippen LogP contribution in [-0.2, 0) is 6.61 Å². The van der Waals surface area contributed by atoms with Gasteiger partial charge < -0.3 is 14.6 Å². The van der Waals surface area contributed by atoms with Gasteiger partial charge >= 0.3 is 0 Å². The van der Waals surface area contributed by atoms with Gasteiger partial charge in [-0.15, -0.1) is 0 Å². The molecule has 0 fully saturated rings. The topological polar surface area (TPSA) is 69.0 Å². The third kappa shape index (κ3) is 4.03. The molecule has 0 aliphatic carbocycles. The Kier molecular flexibility index (Phi) is 5.09. The van der Waals surface area contributed by atoms with Crippen molar-refractivity contribution in [1.29, 1.82) is 0 Å². The molecule has 0 saturated heterocycles. The molecule has 0 unspecified atom stereocenters. The van der Waals surface area contributed by atoms with E-state index in [2.05, 4.69) is 15.3 Å². The molecule has 0 atom stereocenters. The quantitative estimate of drug-likeness (QED) is 0.745. The van der Waals surface area contributed by atoms with Gasteiger partial charge in [-0.1, -0.05) is 6.07 Å². The van der Waals surface area contributed by atoms with Gasteiger partial charge in [-0.05, 0) is 44.2 Å². The second kappa shape index (κ2) is 7.61. The van der Waals surface area contributed by atoms with Gasteiger partial charge in [-0.25, -0.2) is 4.98 Å². The number of nitrogens with one attached hydrogen (secondary N) is 1. The van der Waals surface area contributed by atoms with Crippen LogP contribution < -0.4 is 10.1 Å². The summed E-state index contributed by atoms with van der Waals surface area (Å²) in [5.41, 5.74) is 1.52. The fourth-order valence-corrected chi connectivity index (χ4v) is 2.45. The maximum atomic E-state index is 12.6. The molecule has 128 valence electrons. The first kappa shape index (κ1) is 16.7. The number of nitrogens with zero attached hydrogens (tertiary/aromatic N) is 3. The van der Waals surface area contributed by atoms with Crippen LogP contribution in [0.5, 0.6) is 5.75 Å². The second-order valence-electron chi connectivity index (χ2n) is 5.85. The number of aromatic nitrogens is 3. The first-order chi connectivity index (χ1) is 12.1. The van der Waals surface area contributed by atoms with Gasteiger partial charge in [0, 0.05) is 36.4 Å². The van der Waals surface area contributed by atoms with E-state index >= 15 is 0 Å². The van der Waals surface area contributed by atoms with Crippen molar-refractivity contribution in [3.8, 4) is 5.75 Å². The Hall–Kier alpha value is -3.15. The van der Waals surface area contributed by atoms with Gasteiger partial charge in [0.05, 0.1) is 0 Å². The number of pyridine rings is 2. The summed E-state index contributed by atoms with van der Waals surface area (Å²) in [4.78, 5) is 20.9. The van der Waals surface area contributed by atoms with Gasteiger partial charge in [-0.2, -0.15) is 0 Å². The third-order valence-electron chi connectivity index (χ3n) is 3.69. The highest BCUT2D eigenvalue weighted by Crippen LogP contribution is 2.23. The van der Waals surface area contributed by atoms with Gasteiger partial charge in [0.2, 0.25) is 0 Å². The SMILES string of the molecule is CC(C)n1cccc1C(=O)Nc1ncccc1OCc1cccnc1. The highest BCUT2D eigenvalue weighted by Gasteiger charge is 2.15. The fourth-order valence-electron chi connectivity index (χ4n) is 2.45. The summed E-state index contributed by atoms with van der Waals surface area (Å²) >= 11 is 0. The van der Waals surface area contributed by atoms with E-state index in [1.165, 1.54) is 0 Å². The molecule has 3 rings (SSSR count). The van der Waals surface area contributed by atoms with Crippen molar-refractivity contribution < 1.29 is 9.53 Å². The standard InChI is InChI=1S/C19H20N4O2/c1-14(2)23-11-5-7-16(23)19(24)22-18-17(8-4-10-21-18)25-13-15-6-3-9-20-12-15/h3-12,14H,13H2,1-2H3,(H,21,22,24). The van der Waals surface area contributed by atoms with Gasteiger partial charge in [-0.3, -0.25) is 9.78 Å². The van der Waals surface area contributed by atoms with Crippen LogP contribution >= 0.6 is 0 Å². The Labute approximate surface area is 146 Å². The monoisotopic (exact) mass is 336 g/mol. The predicted octanol–water partition coefficient (Wildman–Crippen LogP) is 3.69. The molecule has 0 aromatic carbocycles. The Morgan fingerprint density at radius 3 is 2.80 bits per heavy atom. The van der Waals surface area contributed by atoms with Crippen molar-refractivity contribution in [2.75, 3.05) is 5.32 Å². The van der Waals surface area contributed by atoms with Crippen molar-refractivity contribution in [2.45, 2.75) is 26.5 Å². The minimum absolute atomic E-state index is 0.195. The van der Waals surface area contributed by atoms with E-state index in [1.807, 2.05) is 42.8 Å². The zero-order valence-corrected chi connectivity index (χ0v) is 14.2. The molecule has 3 aromatic rings. The lowest BCUT2D eigenvalue weighted by Crippen LogP contribution is -2.19. The normalized spacial score (nSPS) is 10.7. The van der Waals surface area contributed by atoms with Crippen LogP contribution in [0.3, 0.4) is 0 Å². The average molecular weight is 336 g/mol. The molecule has 6 heteroatoms. The van der Waals surface area contributed by atoms with Crippen molar-refractivity contribution in [1.82, 2.24) is 14.5 Å². The molecule has 25 heavy (non-hydrogen) atoms. The van der Waals surface area contributed by atoms with E-state index in [1.54, 1.807) is 36.8 Å². The zero-order valence-electron chi connectivity index (χ0n) is 14.2. The van der Waals surface area contributed by atoms with Crippen LogP contribution in [0.2, 0.25) is 0 Å². The summed E-state index contributed by atoms with van der Waals surface area (Å²) in [5.74, 6) is 0.693. The summed E-state index contributed by atoms with van der Waals surface area (Å²) in [6, 6.07) is 11.2. The number of amides is 1. The van der Waals surface area contributed by atoms with E-state index < -0.39 is 0 Å². The van der Waals surface area contributed by atoms with Gasteiger partial charge in [0.1, 0.15) is 12.3 Å². The summed E-state index contributed by atoms with van der Waals surface area (Å²) in [7, 11) is 0. The molecule has 0 bridgehead atoms. The molecule has 6 nitrogen and oxygen atoms in total. The fraction of sp³-hybridized carbons (Fsp3) is 0.211. The van der Waals surface area contributed by atoms with Crippen LogP contribution in [-0.4, -0.2) is 20.4 Å². The summed E-state index contributed by atoms with van der Waals surface area (Å²) in [6.07, 6.45) is 6.96. The summed E-state index contributed by atoms with van der Waals surface area (Å²) in [5, 5.41) is 2.83. The highest BCUT2D eigenvalue weighted by atomic mass is 16.5. The van der Waals surface area contributed by atoms with Crippen molar-refractivity contribution >= 4 is 11.7 Å². The molecule has 0 spiro atoms. The lowest BCUT2D eigenvalue weighted by Gasteiger charge is -2.14. The Balaban J connectivity index is 1.74. The van der Waals surface area contributed by atoms with Crippen molar-refractivity contribution in [2.24, 2.45) is 0 Å². The molecule has 1 amide bonds. The number of hydrogen-bond acceptors (Lipinski definition) is 4. The first-order valence-corrected chi connectivity index (χ1v) is 8.10. The number of carbonyl (C=O) groups is 1. The smallest absolute Gasteiger partial charge is 0.273 e. The molecular weight excluding hydrogens is 316 g/mol. The molecule has 0 saturated carbocycles. The summed E-state index contributed by atoms with van der Waals surface area (Å²) in [6.45, 7) is 4.41. The first-order valence-electron chi connectivity index (χ1n) is 8.10. The number of rotatable bonds is 6. The van der Waals surface area contributed by atoms with E-state index in [4.69, 9.17) is 4.74 Å². The van der Waals surface area contributed by atoms with Gasteiger partial charge in [0.15, 0.2) is 11.6 Å². The second-order valence-corrected chi connectivity index (χ2v) is 5.85. The molecule has 3 aromatic heterocycles. The van der Waals surface area contributed by atoms with E-state index in [-0.39, 0.29) is 11.9 Å². The van der Waals surface area contributed by atoms with E-state index in [0.29, 0.717) is 23.9 Å². The lowest BCUT2D eigenvalue weighted by molar-refractivity contribution is 0.101. The maximum Gasteiger partial charge on any atom is 0.273 e. The minimum Gasteiger partial charge on any atom is -0.485 e. The predicted molar refractivity (Wildman–Crippen MR) is 95.6 cm³/mol. The molecule has 0 aliphatic rings. The van der Waals surface area contributed by atoms with Crippen molar-refractivity contribution in [3.63, 3.8) is 0 Å². The van der Waals surface area contributed by atoms with Crippen LogP contribution in [0, 0.1) is 0 Å². The number of hydrogen-bond donors (Lipinski definition) is 1. The van der Waals surface area contributed by atoms with Crippen molar-refractivity contribution in [3.05, 3.63) is 72.4 Å². The third-order valence-corrected chi connectivity index (χ3v) is 3.69. The van der Waals surface area contributed by atoms with E-state index in [0.717, 1.165) is 5.56 Å². The minimum atomic E-state index is -0.219. The highest BCUT2D eigenvalue weighted by molar-refractivity contribution is 6.03. The Bertz CT molecular complexity index is 843. The van der Waals surface area contributed by atoms with Crippen LogP contribution in [0.4, 0.5) is 5.82 Å². The number of carbonyl (C=O) groups excluding carboxylic acids is 1. The molecule has 1 N–H and O–H groups in total.